The van der Waals surface area contributed by atoms with Gasteiger partial charge in [0.15, 0.2) is 11.5 Å². The first-order chi connectivity index (χ1) is 15.9. The molecule has 0 saturated carbocycles. The molecule has 1 aromatic carbocycles. The molecule has 188 valence electrons. The van der Waals surface area contributed by atoms with Gasteiger partial charge >= 0.3 is 11.9 Å². The maximum atomic E-state index is 10.3. The zero-order chi connectivity index (χ0) is 24.7. The highest BCUT2D eigenvalue weighted by Crippen LogP contribution is 2.25. The second-order valence-electron chi connectivity index (χ2n) is 8.51. The average molecular weight is 465 g/mol. The van der Waals surface area contributed by atoms with Crippen molar-refractivity contribution in [3.05, 3.63) is 29.8 Å². The van der Waals surface area contributed by atoms with Crippen LogP contribution in [0.4, 0.5) is 0 Å². The number of hydrogen-bond acceptors (Lipinski definition) is 4. The molecule has 0 aromatic heterocycles. The van der Waals surface area contributed by atoms with E-state index in [1.807, 2.05) is 0 Å². The summed E-state index contributed by atoms with van der Waals surface area (Å²) in [4.78, 5) is 20.5. The first-order valence-corrected chi connectivity index (χ1v) is 12.5. The number of carboxylic acids is 2. The highest BCUT2D eigenvalue weighted by Gasteiger charge is 1.98. The Morgan fingerprint density at radius 2 is 1.15 bits per heavy atom. The number of rotatable bonds is 18. The van der Waals surface area contributed by atoms with Gasteiger partial charge in [0.05, 0.1) is 0 Å². The lowest BCUT2D eigenvalue weighted by atomic mass is 10.0. The molecular weight excluding hydrogens is 420 g/mol. The number of phenols is 2. The Hall–Kier alpha value is -2.50. The van der Waals surface area contributed by atoms with Crippen LogP contribution >= 0.6 is 0 Å². The summed E-state index contributed by atoms with van der Waals surface area (Å²) < 4.78 is 0. The summed E-state index contributed by atoms with van der Waals surface area (Å²) in [5.41, 5.74) is 0.512. The number of aromatic hydroxyl groups is 2. The van der Waals surface area contributed by atoms with Crippen LogP contribution < -0.4 is 0 Å². The number of phenolic OH excluding ortho intramolecular Hbond substituents is 2. The minimum absolute atomic E-state index is 0.229. The Bertz CT molecular complexity index is 669. The molecule has 33 heavy (non-hydrogen) atoms. The molecule has 0 aliphatic carbocycles. The number of unbranched alkanes of at least 4 members (excludes halogenated alkanes) is 14. The van der Waals surface area contributed by atoms with Crippen molar-refractivity contribution in [3.8, 4) is 11.5 Å². The van der Waals surface area contributed by atoms with Crippen molar-refractivity contribution < 1.29 is 30.0 Å². The number of benzene rings is 1. The lowest BCUT2D eigenvalue weighted by molar-refractivity contribution is -0.137. The van der Waals surface area contributed by atoms with Gasteiger partial charge in [0, 0.05) is 12.5 Å². The van der Waals surface area contributed by atoms with Crippen LogP contribution in [0.2, 0.25) is 0 Å². The molecule has 0 bridgehead atoms. The molecule has 4 N–H and O–H groups in total. The van der Waals surface area contributed by atoms with Gasteiger partial charge in [0.25, 0.3) is 0 Å². The summed E-state index contributed by atoms with van der Waals surface area (Å²) in [6.45, 7) is 2.27. The van der Waals surface area contributed by atoms with Gasteiger partial charge in [-0.15, -0.1) is 0 Å². The van der Waals surface area contributed by atoms with Gasteiger partial charge in [0.2, 0.25) is 0 Å². The van der Waals surface area contributed by atoms with E-state index >= 15 is 0 Å². The summed E-state index contributed by atoms with van der Waals surface area (Å²) in [5, 5.41) is 34.8. The minimum atomic E-state index is -1.06. The Kier molecular flexibility index (Phi) is 19.7. The molecule has 0 aliphatic heterocycles. The SMILES string of the molecule is CCCCCCCCCCCCCCCCCC(=O)O.O=C(O)/C=C/c1ccc(O)c(O)c1. The third-order valence-electron chi connectivity index (χ3n) is 5.41. The van der Waals surface area contributed by atoms with Crippen LogP contribution in [0.3, 0.4) is 0 Å². The summed E-state index contributed by atoms with van der Waals surface area (Å²) >= 11 is 0. The first-order valence-electron chi connectivity index (χ1n) is 12.5. The molecule has 0 aliphatic rings. The van der Waals surface area contributed by atoms with Gasteiger partial charge in [-0.2, -0.15) is 0 Å². The van der Waals surface area contributed by atoms with Gasteiger partial charge < -0.3 is 20.4 Å². The predicted octanol–water partition coefficient (Wildman–Crippen LogP) is 7.53. The fourth-order valence-corrected chi connectivity index (χ4v) is 3.46. The fraction of sp³-hybridized carbons (Fsp3) is 0.630. The zero-order valence-electron chi connectivity index (χ0n) is 20.3. The van der Waals surface area contributed by atoms with Crippen molar-refractivity contribution >= 4 is 18.0 Å². The summed E-state index contributed by atoms with van der Waals surface area (Å²) in [5.74, 6) is -2.22. The van der Waals surface area contributed by atoms with E-state index in [1.165, 1.54) is 108 Å². The van der Waals surface area contributed by atoms with Crippen LogP contribution in [-0.2, 0) is 9.59 Å². The van der Waals surface area contributed by atoms with E-state index in [4.69, 9.17) is 20.4 Å². The van der Waals surface area contributed by atoms with Gasteiger partial charge in [-0.3, -0.25) is 4.79 Å². The Labute approximate surface area is 199 Å². The molecule has 0 amide bonds. The lowest BCUT2D eigenvalue weighted by Gasteiger charge is -2.03. The van der Waals surface area contributed by atoms with Gasteiger partial charge in [-0.25, -0.2) is 4.79 Å². The van der Waals surface area contributed by atoms with Crippen molar-refractivity contribution in [3.63, 3.8) is 0 Å². The smallest absolute Gasteiger partial charge is 0.328 e. The van der Waals surface area contributed by atoms with E-state index in [0.29, 0.717) is 12.0 Å². The highest BCUT2D eigenvalue weighted by molar-refractivity contribution is 5.85. The molecule has 0 heterocycles. The molecule has 0 atom stereocenters. The second kappa shape index (κ2) is 21.4. The maximum absolute atomic E-state index is 10.3. The highest BCUT2D eigenvalue weighted by atomic mass is 16.4. The first kappa shape index (κ1) is 30.5. The Morgan fingerprint density at radius 1 is 0.697 bits per heavy atom. The lowest BCUT2D eigenvalue weighted by Crippen LogP contribution is -1.93. The summed E-state index contributed by atoms with van der Waals surface area (Å²) in [7, 11) is 0. The quantitative estimate of drug-likeness (QED) is 0.101. The standard InChI is InChI=1S/C18H36O2.C9H8O4/c1-2-3-4-5-6-7-8-9-10-11-12-13-14-15-16-17-18(19)20;10-7-3-1-6(5-8(7)11)2-4-9(12)13/h2-17H2,1H3,(H,19,20);1-5,10-11H,(H,12,13)/b;4-2+. The molecule has 0 unspecified atom stereocenters. The van der Waals surface area contributed by atoms with Crippen molar-refractivity contribution in [1.29, 1.82) is 0 Å². The van der Waals surface area contributed by atoms with Crippen molar-refractivity contribution in [2.24, 2.45) is 0 Å². The van der Waals surface area contributed by atoms with Gasteiger partial charge in [0.1, 0.15) is 0 Å². The van der Waals surface area contributed by atoms with E-state index in [9.17, 15) is 9.59 Å². The number of carbonyl (C=O) groups is 2. The molecule has 6 nitrogen and oxygen atoms in total. The van der Waals surface area contributed by atoms with Gasteiger partial charge in [-0.05, 0) is 30.2 Å². The monoisotopic (exact) mass is 464 g/mol. The van der Waals surface area contributed by atoms with Crippen LogP contribution in [0.25, 0.3) is 6.08 Å². The summed E-state index contributed by atoms with van der Waals surface area (Å²) in [6.07, 6.45) is 22.5. The number of aliphatic carboxylic acids is 2. The van der Waals surface area contributed by atoms with Crippen LogP contribution in [0.15, 0.2) is 24.3 Å². The van der Waals surface area contributed by atoms with E-state index in [2.05, 4.69) is 6.92 Å². The molecule has 0 radical (unpaired) electrons. The molecule has 0 spiro atoms. The normalized spacial score (nSPS) is 10.7. The Morgan fingerprint density at radius 3 is 1.55 bits per heavy atom. The number of hydrogen-bond donors (Lipinski definition) is 4. The van der Waals surface area contributed by atoms with Crippen LogP contribution in [0.5, 0.6) is 11.5 Å². The molecular formula is C27H44O6. The average Bonchev–Trinajstić information content (AvgIpc) is 2.77. The van der Waals surface area contributed by atoms with Crippen molar-refractivity contribution in [2.45, 2.75) is 110 Å². The van der Waals surface area contributed by atoms with E-state index < -0.39 is 11.9 Å². The van der Waals surface area contributed by atoms with Crippen molar-refractivity contribution in [2.75, 3.05) is 0 Å². The predicted molar refractivity (Wildman–Crippen MR) is 134 cm³/mol. The largest absolute Gasteiger partial charge is 0.504 e. The topological polar surface area (TPSA) is 115 Å². The van der Waals surface area contributed by atoms with E-state index in [1.54, 1.807) is 0 Å². The van der Waals surface area contributed by atoms with E-state index in [-0.39, 0.29) is 11.5 Å². The fourth-order valence-electron chi connectivity index (χ4n) is 3.46. The maximum Gasteiger partial charge on any atom is 0.328 e. The molecule has 0 fully saturated rings. The van der Waals surface area contributed by atoms with E-state index in [0.717, 1.165) is 18.9 Å². The van der Waals surface area contributed by atoms with Gasteiger partial charge in [-0.1, -0.05) is 103 Å². The van der Waals surface area contributed by atoms with Crippen LogP contribution in [0, 0.1) is 0 Å². The summed E-state index contributed by atoms with van der Waals surface area (Å²) in [6, 6.07) is 4.06. The third kappa shape index (κ3) is 21.1. The third-order valence-corrected chi connectivity index (χ3v) is 5.41. The molecule has 1 aromatic rings. The second-order valence-corrected chi connectivity index (χ2v) is 8.51. The number of carboxylic acid groups (broad SMARTS) is 2. The zero-order valence-corrected chi connectivity index (χ0v) is 20.3. The van der Waals surface area contributed by atoms with Crippen LogP contribution in [0.1, 0.15) is 115 Å². The molecule has 6 heteroatoms. The van der Waals surface area contributed by atoms with Crippen molar-refractivity contribution in [1.82, 2.24) is 0 Å². The Balaban J connectivity index is 0.000000676. The molecule has 1 rings (SSSR count). The van der Waals surface area contributed by atoms with Crippen LogP contribution in [-0.4, -0.2) is 32.4 Å². The minimum Gasteiger partial charge on any atom is -0.504 e. The molecule has 0 saturated heterocycles.